The normalized spacial score (nSPS) is 25.0. The number of carbonyl (C=O) groups excluding carboxylic acids is 4. The van der Waals surface area contributed by atoms with E-state index in [0.717, 1.165) is 21.4 Å². The lowest BCUT2D eigenvalue weighted by Gasteiger charge is -2.29. The summed E-state index contributed by atoms with van der Waals surface area (Å²) in [5.74, 6) is -3.29. The molecule has 3 aromatic carbocycles. The van der Waals surface area contributed by atoms with Crippen molar-refractivity contribution < 1.29 is 23.9 Å². The number of ether oxygens (including phenoxy) is 1. The summed E-state index contributed by atoms with van der Waals surface area (Å²) >= 11 is 6.45. The van der Waals surface area contributed by atoms with Crippen LogP contribution in [-0.2, 0) is 31.1 Å². The second-order valence-electron chi connectivity index (χ2n) is 10.3. The van der Waals surface area contributed by atoms with Crippen LogP contribution in [0.1, 0.15) is 18.1 Å². The number of esters is 1. The van der Waals surface area contributed by atoms with Crippen molar-refractivity contribution in [3.8, 4) is 5.75 Å². The number of aromatic amines is 1. The van der Waals surface area contributed by atoms with E-state index < -0.39 is 47.1 Å². The maximum Gasteiger partial charge on any atom is 0.308 e. The number of aromatic nitrogens is 1. The lowest BCUT2D eigenvalue weighted by molar-refractivity contribution is -0.132. The number of carbonyl (C=O) groups is 4. The minimum atomic E-state index is -1.47. The smallest absolute Gasteiger partial charge is 0.308 e. The van der Waals surface area contributed by atoms with Crippen molar-refractivity contribution in [2.75, 3.05) is 10.2 Å². The molecule has 0 aliphatic carbocycles. The zero-order valence-electron chi connectivity index (χ0n) is 21.2. The Labute approximate surface area is 233 Å². The van der Waals surface area contributed by atoms with Crippen molar-refractivity contribution in [2.24, 2.45) is 11.8 Å². The molecule has 3 N–H and O–H groups in total. The van der Waals surface area contributed by atoms with E-state index in [9.17, 15) is 19.2 Å². The van der Waals surface area contributed by atoms with Gasteiger partial charge in [-0.25, -0.2) is 4.90 Å². The predicted molar refractivity (Wildman–Crippen MR) is 148 cm³/mol. The number of para-hydroxylation sites is 2. The van der Waals surface area contributed by atoms with E-state index in [-0.39, 0.29) is 0 Å². The summed E-state index contributed by atoms with van der Waals surface area (Å²) in [5.41, 5.74) is 1.79. The largest absolute Gasteiger partial charge is 0.427 e. The lowest BCUT2D eigenvalue weighted by Crippen LogP contribution is -2.53. The van der Waals surface area contributed by atoms with Gasteiger partial charge in [-0.2, -0.15) is 0 Å². The van der Waals surface area contributed by atoms with Crippen LogP contribution < -0.4 is 20.3 Å². The van der Waals surface area contributed by atoms with Gasteiger partial charge in [-0.15, -0.1) is 0 Å². The Kier molecular flexibility index (Phi) is 5.39. The Morgan fingerprint density at radius 2 is 1.77 bits per heavy atom. The number of H-pyrrole nitrogens is 1. The fourth-order valence-corrected chi connectivity index (χ4v) is 6.81. The van der Waals surface area contributed by atoms with Gasteiger partial charge in [0.05, 0.1) is 28.2 Å². The highest BCUT2D eigenvalue weighted by Gasteiger charge is 2.70. The number of anilines is 2. The zero-order valence-corrected chi connectivity index (χ0v) is 22.0. The van der Waals surface area contributed by atoms with Crippen LogP contribution in [0.4, 0.5) is 11.4 Å². The molecule has 2 fully saturated rings. The number of hydrogen-bond acceptors (Lipinski definition) is 6. The number of hydrogen-bond donors (Lipinski definition) is 3. The third kappa shape index (κ3) is 3.38. The molecule has 3 aliphatic heterocycles. The number of amides is 3. The molecule has 0 unspecified atom stereocenters. The van der Waals surface area contributed by atoms with E-state index in [1.807, 2.05) is 30.5 Å². The fourth-order valence-electron chi connectivity index (χ4n) is 6.59. The quantitative estimate of drug-likeness (QED) is 0.200. The SMILES string of the molecule is CC(=O)Oc1ccc(N2C(=O)[C@@H]3[C@H](Cc4c[nH]c5ccccc45)N[C@@]4(C(=O)Nc5c(Cl)cccc54)[C@@H]3C2=O)cc1. The monoisotopic (exact) mass is 554 g/mol. The molecule has 4 atom stereocenters. The summed E-state index contributed by atoms with van der Waals surface area (Å²) < 4.78 is 5.11. The van der Waals surface area contributed by atoms with Crippen LogP contribution in [0.5, 0.6) is 5.75 Å². The lowest BCUT2D eigenvalue weighted by atomic mass is 9.76. The van der Waals surface area contributed by atoms with Crippen molar-refractivity contribution in [3.63, 3.8) is 0 Å². The van der Waals surface area contributed by atoms with Gasteiger partial charge in [0.1, 0.15) is 11.3 Å². The molecule has 7 rings (SSSR count). The molecule has 40 heavy (non-hydrogen) atoms. The van der Waals surface area contributed by atoms with Crippen molar-refractivity contribution in [3.05, 3.63) is 89.1 Å². The highest BCUT2D eigenvalue weighted by molar-refractivity contribution is 6.35. The summed E-state index contributed by atoms with van der Waals surface area (Å²) in [7, 11) is 0. The minimum Gasteiger partial charge on any atom is -0.427 e. The summed E-state index contributed by atoms with van der Waals surface area (Å²) in [4.78, 5) is 57.8. The molecule has 1 aromatic heterocycles. The van der Waals surface area contributed by atoms with Gasteiger partial charge < -0.3 is 15.0 Å². The topological polar surface area (TPSA) is 121 Å². The van der Waals surface area contributed by atoms with Crippen LogP contribution >= 0.6 is 11.6 Å². The molecule has 3 aliphatic rings. The second kappa shape index (κ2) is 8.77. The first kappa shape index (κ1) is 24.6. The summed E-state index contributed by atoms with van der Waals surface area (Å²) in [6.07, 6.45) is 2.31. The Morgan fingerprint density at radius 1 is 1.00 bits per heavy atom. The van der Waals surface area contributed by atoms with E-state index in [4.69, 9.17) is 16.3 Å². The predicted octanol–water partition coefficient (Wildman–Crippen LogP) is 3.91. The highest BCUT2D eigenvalue weighted by atomic mass is 35.5. The van der Waals surface area contributed by atoms with Crippen LogP contribution in [-0.4, -0.2) is 34.7 Å². The number of rotatable bonds is 4. The molecular formula is C30H23ClN4O5. The molecule has 0 saturated carbocycles. The van der Waals surface area contributed by atoms with Crippen molar-refractivity contribution >= 4 is 57.6 Å². The standard InChI is InChI=1S/C30H23ClN4O5/c1-15(36)40-18-11-9-17(10-12-18)35-27(37)24-23(13-16-14-32-22-8-3-2-5-19(16)22)34-30(25(24)28(35)38)20-6-4-7-21(31)26(20)33-29(30)39/h2-12,14,23-25,32,34H,13H2,1H3,(H,33,39)/t23-,24+,25-,30+/m0/s1. The van der Waals surface area contributed by atoms with E-state index >= 15 is 0 Å². The molecule has 4 heterocycles. The first-order valence-electron chi connectivity index (χ1n) is 12.9. The number of nitrogens with zero attached hydrogens (tertiary/aromatic N) is 1. The summed E-state index contributed by atoms with van der Waals surface area (Å²) in [6.45, 7) is 1.29. The molecular weight excluding hydrogens is 532 g/mol. The van der Waals surface area contributed by atoms with Crippen LogP contribution in [0, 0.1) is 11.8 Å². The Hall–Kier alpha value is -4.47. The molecule has 10 heteroatoms. The second-order valence-corrected chi connectivity index (χ2v) is 10.7. The molecule has 4 aromatic rings. The van der Waals surface area contributed by atoms with Crippen LogP contribution in [0.15, 0.2) is 72.9 Å². The van der Waals surface area contributed by atoms with Gasteiger partial charge in [-0.05, 0) is 48.4 Å². The average molecular weight is 555 g/mol. The van der Waals surface area contributed by atoms with Crippen molar-refractivity contribution in [2.45, 2.75) is 24.9 Å². The summed E-state index contributed by atoms with van der Waals surface area (Å²) in [5, 5.41) is 7.69. The number of nitrogens with one attached hydrogen (secondary N) is 3. The Balaban J connectivity index is 1.34. The van der Waals surface area contributed by atoms with Crippen molar-refractivity contribution in [1.82, 2.24) is 10.3 Å². The van der Waals surface area contributed by atoms with E-state index in [1.54, 1.807) is 30.3 Å². The number of fused-ring (bicyclic) bond motifs is 5. The van der Waals surface area contributed by atoms with Crippen LogP contribution in [0.25, 0.3) is 10.9 Å². The molecule has 0 radical (unpaired) electrons. The van der Waals surface area contributed by atoms with Gasteiger partial charge >= 0.3 is 5.97 Å². The number of imide groups is 1. The van der Waals surface area contributed by atoms with Crippen LogP contribution in [0.3, 0.4) is 0 Å². The van der Waals surface area contributed by atoms with Gasteiger partial charge in [0.2, 0.25) is 17.7 Å². The molecule has 9 nitrogen and oxygen atoms in total. The van der Waals surface area contributed by atoms with Crippen molar-refractivity contribution in [1.29, 1.82) is 0 Å². The maximum absolute atomic E-state index is 14.2. The van der Waals surface area contributed by atoms with Gasteiger partial charge in [0, 0.05) is 35.6 Å². The molecule has 3 amide bonds. The summed E-state index contributed by atoms with van der Waals surface area (Å²) in [6, 6.07) is 18.7. The average Bonchev–Trinajstić information content (AvgIpc) is 3.64. The Bertz CT molecular complexity index is 1750. The molecule has 0 bridgehead atoms. The first-order valence-corrected chi connectivity index (χ1v) is 13.3. The molecule has 200 valence electrons. The number of halogens is 1. The van der Waals surface area contributed by atoms with Gasteiger partial charge in [-0.1, -0.05) is 41.9 Å². The maximum atomic E-state index is 14.2. The van der Waals surface area contributed by atoms with Gasteiger partial charge in [0.25, 0.3) is 0 Å². The van der Waals surface area contributed by atoms with Gasteiger partial charge in [-0.3, -0.25) is 24.5 Å². The van der Waals surface area contributed by atoms with Crippen LogP contribution in [0.2, 0.25) is 5.02 Å². The Morgan fingerprint density at radius 3 is 2.55 bits per heavy atom. The van der Waals surface area contributed by atoms with E-state index in [0.29, 0.717) is 34.1 Å². The molecule has 2 saturated heterocycles. The first-order chi connectivity index (χ1) is 19.3. The molecule has 1 spiro atoms. The number of benzene rings is 3. The van der Waals surface area contributed by atoms with E-state index in [1.165, 1.54) is 19.1 Å². The zero-order chi connectivity index (χ0) is 27.8. The third-order valence-corrected chi connectivity index (χ3v) is 8.49. The van der Waals surface area contributed by atoms with E-state index in [2.05, 4.69) is 15.6 Å². The highest BCUT2D eigenvalue weighted by Crippen LogP contribution is 2.55. The minimum absolute atomic E-state index is 0.296. The van der Waals surface area contributed by atoms with Gasteiger partial charge in [0.15, 0.2) is 0 Å². The third-order valence-electron chi connectivity index (χ3n) is 8.17. The fraction of sp³-hybridized carbons (Fsp3) is 0.200.